The van der Waals surface area contributed by atoms with E-state index in [0.717, 1.165) is 15.6 Å². The van der Waals surface area contributed by atoms with E-state index in [-0.39, 0.29) is 0 Å². The molecule has 1 saturated carbocycles. The number of benzene rings is 1. The highest BCUT2D eigenvalue weighted by atomic mass is 79.9. The van der Waals surface area contributed by atoms with Gasteiger partial charge in [-0.05, 0) is 30.0 Å². The summed E-state index contributed by atoms with van der Waals surface area (Å²) in [6, 6.07) is 8.25. The third-order valence-electron chi connectivity index (χ3n) is 4.17. The summed E-state index contributed by atoms with van der Waals surface area (Å²) < 4.78 is 1.07. The van der Waals surface area contributed by atoms with Crippen LogP contribution in [0.25, 0.3) is 11.1 Å². The lowest BCUT2D eigenvalue weighted by atomic mass is 9.90. The second-order valence-corrected chi connectivity index (χ2v) is 6.34. The van der Waals surface area contributed by atoms with Crippen LogP contribution >= 0.6 is 15.9 Å². The van der Waals surface area contributed by atoms with E-state index >= 15 is 0 Å². The molecule has 1 fully saturated rings. The van der Waals surface area contributed by atoms with Gasteiger partial charge in [-0.3, -0.25) is 5.10 Å². The topological polar surface area (TPSA) is 54.7 Å². The first kappa shape index (κ1) is 12.7. The fourth-order valence-electron chi connectivity index (χ4n) is 3.16. The number of aromatic nitrogens is 2. The number of H-pyrrole nitrogens is 1. The molecule has 2 aromatic rings. The minimum Gasteiger partial charge on any atom is -0.382 e. The van der Waals surface area contributed by atoms with E-state index in [9.17, 15) is 0 Å². The second kappa shape index (κ2) is 5.00. The van der Waals surface area contributed by atoms with Crippen molar-refractivity contribution in [2.75, 3.05) is 5.73 Å². The van der Waals surface area contributed by atoms with Crippen molar-refractivity contribution in [3.8, 4) is 11.1 Å². The fourth-order valence-corrected chi connectivity index (χ4v) is 3.56. The second-order valence-electron chi connectivity index (χ2n) is 5.42. The van der Waals surface area contributed by atoms with Crippen LogP contribution in [0.3, 0.4) is 0 Å². The fraction of sp³-hybridized carbons (Fsp3) is 0.400. The lowest BCUT2D eigenvalue weighted by Gasteiger charge is -2.15. The maximum atomic E-state index is 6.08. The summed E-state index contributed by atoms with van der Waals surface area (Å²) in [5.74, 6) is 1.86. The average molecular weight is 320 g/mol. The molecule has 0 radical (unpaired) electrons. The molecule has 3 rings (SSSR count). The molecule has 1 heterocycles. The van der Waals surface area contributed by atoms with Gasteiger partial charge in [-0.2, -0.15) is 5.10 Å². The number of anilines is 1. The Bertz CT molecular complexity index is 591. The molecule has 0 amide bonds. The summed E-state index contributed by atoms with van der Waals surface area (Å²) in [6.07, 6.45) is 3.81. The van der Waals surface area contributed by atoms with Gasteiger partial charge < -0.3 is 5.73 Å². The summed E-state index contributed by atoms with van der Waals surface area (Å²) >= 11 is 3.52. The predicted molar refractivity (Wildman–Crippen MR) is 81.9 cm³/mol. The van der Waals surface area contributed by atoms with Crippen molar-refractivity contribution in [1.29, 1.82) is 0 Å². The number of rotatable bonds is 2. The van der Waals surface area contributed by atoms with Crippen LogP contribution in [-0.2, 0) is 0 Å². The Hall–Kier alpha value is -1.29. The van der Waals surface area contributed by atoms with E-state index < -0.39 is 0 Å². The van der Waals surface area contributed by atoms with Crippen molar-refractivity contribution in [1.82, 2.24) is 10.2 Å². The number of hydrogen-bond donors (Lipinski definition) is 2. The Morgan fingerprint density at radius 2 is 2.21 bits per heavy atom. The molecule has 0 aliphatic heterocycles. The molecule has 0 spiro atoms. The van der Waals surface area contributed by atoms with E-state index in [4.69, 9.17) is 5.73 Å². The number of nitrogens with zero attached hydrogens (tertiary/aromatic N) is 1. The van der Waals surface area contributed by atoms with Gasteiger partial charge in [-0.25, -0.2) is 0 Å². The van der Waals surface area contributed by atoms with Crippen molar-refractivity contribution >= 4 is 21.7 Å². The standard InChI is InChI=1S/C15H18BrN3/c1-9-4-2-7-12(9)14-13(15(17)19-18-14)10-5-3-6-11(16)8-10/h3,5-6,8-9,12H,2,4,7H2,1H3,(H3,17,18,19). The van der Waals surface area contributed by atoms with Crippen molar-refractivity contribution in [2.24, 2.45) is 5.92 Å². The van der Waals surface area contributed by atoms with Crippen molar-refractivity contribution < 1.29 is 0 Å². The minimum absolute atomic E-state index is 0.554. The van der Waals surface area contributed by atoms with Crippen molar-refractivity contribution in [3.05, 3.63) is 34.4 Å². The van der Waals surface area contributed by atoms with Crippen LogP contribution in [0.1, 0.15) is 37.8 Å². The first-order valence-corrected chi connectivity index (χ1v) is 7.56. The molecule has 1 aromatic carbocycles. The quantitative estimate of drug-likeness (QED) is 0.865. The molecule has 2 atom stereocenters. The summed E-state index contributed by atoms with van der Waals surface area (Å²) in [6.45, 7) is 2.32. The lowest BCUT2D eigenvalue weighted by Crippen LogP contribution is -2.04. The minimum atomic E-state index is 0.554. The number of aromatic amines is 1. The van der Waals surface area contributed by atoms with Crippen LogP contribution in [0.4, 0.5) is 5.82 Å². The number of nitrogens with two attached hydrogens (primary N) is 1. The SMILES string of the molecule is CC1CCCC1c1[nH]nc(N)c1-c1cccc(Br)c1. The normalized spacial score (nSPS) is 22.8. The van der Waals surface area contributed by atoms with Gasteiger partial charge in [-0.15, -0.1) is 0 Å². The van der Waals surface area contributed by atoms with Crippen LogP contribution in [0.2, 0.25) is 0 Å². The first-order chi connectivity index (χ1) is 9.16. The predicted octanol–water partition coefficient (Wildman–Crippen LogP) is 4.33. The van der Waals surface area contributed by atoms with Crippen molar-refractivity contribution in [3.63, 3.8) is 0 Å². The Morgan fingerprint density at radius 1 is 1.37 bits per heavy atom. The van der Waals surface area contributed by atoms with Crippen LogP contribution < -0.4 is 5.73 Å². The van der Waals surface area contributed by atoms with Crippen LogP contribution in [0, 0.1) is 5.92 Å². The summed E-state index contributed by atoms with van der Waals surface area (Å²) in [5.41, 5.74) is 9.51. The first-order valence-electron chi connectivity index (χ1n) is 6.76. The molecule has 4 heteroatoms. The molecule has 1 aromatic heterocycles. The third-order valence-corrected chi connectivity index (χ3v) is 4.66. The molecule has 0 saturated heterocycles. The zero-order valence-electron chi connectivity index (χ0n) is 11.0. The third kappa shape index (κ3) is 2.29. The molecular weight excluding hydrogens is 302 g/mol. The number of halogens is 1. The highest BCUT2D eigenvalue weighted by molar-refractivity contribution is 9.10. The Kier molecular flexibility index (Phi) is 3.35. The maximum absolute atomic E-state index is 6.08. The van der Waals surface area contributed by atoms with Gasteiger partial charge >= 0.3 is 0 Å². The maximum Gasteiger partial charge on any atom is 0.153 e. The van der Waals surface area contributed by atoms with E-state index in [1.165, 1.54) is 25.0 Å². The van der Waals surface area contributed by atoms with E-state index in [1.54, 1.807) is 0 Å². The van der Waals surface area contributed by atoms with Gasteiger partial charge in [0, 0.05) is 21.6 Å². The van der Waals surface area contributed by atoms with E-state index in [1.807, 2.05) is 12.1 Å². The molecule has 1 aliphatic rings. The molecular formula is C15H18BrN3. The van der Waals surface area contributed by atoms with Crippen LogP contribution in [0.5, 0.6) is 0 Å². The number of hydrogen-bond acceptors (Lipinski definition) is 2. The molecule has 0 bridgehead atoms. The van der Waals surface area contributed by atoms with Crippen LogP contribution in [-0.4, -0.2) is 10.2 Å². The monoisotopic (exact) mass is 319 g/mol. The highest BCUT2D eigenvalue weighted by Gasteiger charge is 2.29. The molecule has 100 valence electrons. The lowest BCUT2D eigenvalue weighted by molar-refractivity contribution is 0.522. The van der Waals surface area contributed by atoms with Gasteiger partial charge in [0.25, 0.3) is 0 Å². The van der Waals surface area contributed by atoms with E-state index in [2.05, 4.69) is 45.2 Å². The number of nitrogen functional groups attached to an aromatic ring is 1. The Labute approximate surface area is 121 Å². The summed E-state index contributed by atoms with van der Waals surface area (Å²) in [5, 5.41) is 7.41. The summed E-state index contributed by atoms with van der Waals surface area (Å²) in [7, 11) is 0. The smallest absolute Gasteiger partial charge is 0.153 e. The molecule has 3 nitrogen and oxygen atoms in total. The highest BCUT2D eigenvalue weighted by Crippen LogP contribution is 2.43. The molecule has 19 heavy (non-hydrogen) atoms. The zero-order chi connectivity index (χ0) is 13.4. The number of nitrogens with one attached hydrogen (secondary N) is 1. The van der Waals surface area contributed by atoms with Gasteiger partial charge in [0.05, 0.1) is 0 Å². The average Bonchev–Trinajstić information content (AvgIpc) is 2.95. The van der Waals surface area contributed by atoms with Gasteiger partial charge in [-0.1, -0.05) is 47.8 Å². The van der Waals surface area contributed by atoms with Gasteiger partial charge in [0.15, 0.2) is 5.82 Å². The van der Waals surface area contributed by atoms with E-state index in [0.29, 0.717) is 17.7 Å². The summed E-state index contributed by atoms with van der Waals surface area (Å²) in [4.78, 5) is 0. The molecule has 3 N–H and O–H groups in total. The van der Waals surface area contributed by atoms with Gasteiger partial charge in [0.1, 0.15) is 0 Å². The Morgan fingerprint density at radius 3 is 2.89 bits per heavy atom. The Balaban J connectivity index is 2.08. The van der Waals surface area contributed by atoms with Crippen molar-refractivity contribution in [2.45, 2.75) is 32.1 Å². The zero-order valence-corrected chi connectivity index (χ0v) is 12.6. The van der Waals surface area contributed by atoms with Crippen LogP contribution in [0.15, 0.2) is 28.7 Å². The molecule has 2 unspecified atom stereocenters. The largest absolute Gasteiger partial charge is 0.382 e. The molecule has 1 aliphatic carbocycles. The van der Waals surface area contributed by atoms with Gasteiger partial charge in [0.2, 0.25) is 0 Å².